The molecule has 0 spiro atoms. The molecule has 0 atom stereocenters. The second-order valence-corrected chi connectivity index (χ2v) is 7.74. The number of aryl methyl sites for hydroxylation is 1. The predicted octanol–water partition coefficient (Wildman–Crippen LogP) is 6.27. The highest BCUT2D eigenvalue weighted by Crippen LogP contribution is 2.43. The highest BCUT2D eigenvalue weighted by molar-refractivity contribution is 6.06. The highest BCUT2D eigenvalue weighted by atomic mass is 19.1. The van der Waals surface area contributed by atoms with Crippen molar-refractivity contribution < 1.29 is 19.4 Å². The summed E-state index contributed by atoms with van der Waals surface area (Å²) in [6, 6.07) is 16.9. The van der Waals surface area contributed by atoms with Gasteiger partial charge in [-0.3, -0.25) is 0 Å². The summed E-state index contributed by atoms with van der Waals surface area (Å²) in [4.78, 5) is 11.9. The van der Waals surface area contributed by atoms with Crippen molar-refractivity contribution in [1.82, 2.24) is 4.57 Å². The molecule has 3 aromatic carbocycles. The van der Waals surface area contributed by atoms with E-state index in [0.29, 0.717) is 11.1 Å². The number of carboxylic acid groups (broad SMARTS) is 1. The van der Waals surface area contributed by atoms with E-state index in [1.54, 1.807) is 55.5 Å². The molecule has 4 rings (SSSR count). The van der Waals surface area contributed by atoms with Crippen LogP contribution in [0.1, 0.15) is 41.4 Å². The number of phenols is 1. The number of halogens is 1. The van der Waals surface area contributed by atoms with E-state index in [1.165, 1.54) is 6.07 Å². The van der Waals surface area contributed by atoms with E-state index in [1.807, 2.05) is 24.5 Å². The molecular formula is C25H22FNO3. The lowest BCUT2D eigenvalue weighted by Gasteiger charge is -2.17. The van der Waals surface area contributed by atoms with Crippen LogP contribution in [0.25, 0.3) is 27.7 Å². The second kappa shape index (κ2) is 7.34. The van der Waals surface area contributed by atoms with Gasteiger partial charge in [0.1, 0.15) is 11.6 Å². The molecule has 0 aliphatic rings. The van der Waals surface area contributed by atoms with Crippen molar-refractivity contribution in [2.75, 3.05) is 0 Å². The number of carboxylic acids is 1. The van der Waals surface area contributed by atoms with Gasteiger partial charge in [-0.15, -0.1) is 0 Å². The maximum atomic E-state index is 13.9. The van der Waals surface area contributed by atoms with Gasteiger partial charge in [0, 0.05) is 22.3 Å². The zero-order valence-corrected chi connectivity index (χ0v) is 17.0. The van der Waals surface area contributed by atoms with Crippen LogP contribution in [0.15, 0.2) is 60.7 Å². The van der Waals surface area contributed by atoms with Crippen molar-refractivity contribution in [2.24, 2.45) is 0 Å². The van der Waals surface area contributed by atoms with E-state index in [4.69, 9.17) is 0 Å². The quantitative estimate of drug-likeness (QED) is 0.422. The van der Waals surface area contributed by atoms with Crippen molar-refractivity contribution in [2.45, 2.75) is 26.7 Å². The summed E-state index contributed by atoms with van der Waals surface area (Å²) in [5, 5.41) is 20.7. The van der Waals surface area contributed by atoms with Crippen LogP contribution in [0.4, 0.5) is 4.39 Å². The standard InChI is InChI=1S/C25H22FNO3/c1-14(2)24-23(18-6-4-5-7-19(18)25(29)30)20-13-17(28)9-11-22(20)27(24)16-8-10-21(26)15(3)12-16/h4-14,28H,1-3H3,(H,29,30). The minimum absolute atomic E-state index is 0.0294. The van der Waals surface area contributed by atoms with Gasteiger partial charge in [0.05, 0.1) is 11.1 Å². The first-order valence-corrected chi connectivity index (χ1v) is 9.76. The van der Waals surface area contributed by atoms with Crippen LogP contribution in [0, 0.1) is 12.7 Å². The van der Waals surface area contributed by atoms with Gasteiger partial charge in [-0.1, -0.05) is 32.0 Å². The summed E-state index contributed by atoms with van der Waals surface area (Å²) in [6.07, 6.45) is 0. The number of benzene rings is 3. The lowest BCUT2D eigenvalue weighted by atomic mass is 9.93. The molecular weight excluding hydrogens is 381 g/mol. The van der Waals surface area contributed by atoms with E-state index >= 15 is 0 Å². The fourth-order valence-electron chi connectivity index (χ4n) is 4.06. The zero-order valence-electron chi connectivity index (χ0n) is 17.0. The molecule has 2 N–H and O–H groups in total. The maximum Gasteiger partial charge on any atom is 0.336 e. The topological polar surface area (TPSA) is 62.5 Å². The lowest BCUT2D eigenvalue weighted by Crippen LogP contribution is -2.05. The number of fused-ring (bicyclic) bond motifs is 1. The van der Waals surface area contributed by atoms with Gasteiger partial charge in [0.15, 0.2) is 0 Å². The number of carbonyl (C=O) groups is 1. The Morgan fingerprint density at radius 3 is 2.43 bits per heavy atom. The third kappa shape index (κ3) is 3.12. The fraction of sp³-hybridized carbons (Fsp3) is 0.160. The van der Waals surface area contributed by atoms with E-state index in [-0.39, 0.29) is 23.0 Å². The molecule has 0 aliphatic carbocycles. The molecule has 30 heavy (non-hydrogen) atoms. The van der Waals surface area contributed by atoms with Gasteiger partial charge in [-0.25, -0.2) is 9.18 Å². The molecule has 4 aromatic rings. The Bertz CT molecular complexity index is 1290. The van der Waals surface area contributed by atoms with Gasteiger partial charge in [-0.05, 0) is 66.4 Å². The molecule has 5 heteroatoms. The Labute approximate surface area is 173 Å². The third-order valence-electron chi connectivity index (χ3n) is 5.36. The van der Waals surface area contributed by atoms with Crippen molar-refractivity contribution in [3.8, 4) is 22.6 Å². The first-order valence-electron chi connectivity index (χ1n) is 9.76. The van der Waals surface area contributed by atoms with E-state index in [0.717, 1.165) is 27.8 Å². The molecule has 0 amide bonds. The summed E-state index contributed by atoms with van der Waals surface area (Å²) in [7, 11) is 0. The van der Waals surface area contributed by atoms with Crippen LogP contribution in [0.3, 0.4) is 0 Å². The van der Waals surface area contributed by atoms with Gasteiger partial charge in [0.25, 0.3) is 0 Å². The molecule has 1 heterocycles. The maximum absolute atomic E-state index is 13.9. The number of phenolic OH excluding ortho intramolecular Hbond substituents is 1. The highest BCUT2D eigenvalue weighted by Gasteiger charge is 2.25. The third-order valence-corrected chi connectivity index (χ3v) is 5.36. The monoisotopic (exact) mass is 403 g/mol. The summed E-state index contributed by atoms with van der Waals surface area (Å²) in [5.41, 5.74) is 4.56. The SMILES string of the molecule is Cc1cc(-n2c(C(C)C)c(-c3ccccc3C(=O)O)c3cc(O)ccc32)ccc1F. The predicted molar refractivity (Wildman–Crippen MR) is 116 cm³/mol. The number of aromatic nitrogens is 1. The van der Waals surface area contributed by atoms with Crippen molar-refractivity contribution in [3.05, 3.63) is 83.3 Å². The summed E-state index contributed by atoms with van der Waals surface area (Å²) < 4.78 is 16.0. The molecule has 0 unspecified atom stereocenters. The minimum atomic E-state index is -1.01. The second-order valence-electron chi connectivity index (χ2n) is 7.74. The Hall–Kier alpha value is -3.60. The number of hydrogen-bond donors (Lipinski definition) is 2. The van der Waals surface area contributed by atoms with Gasteiger partial charge >= 0.3 is 5.97 Å². The van der Waals surface area contributed by atoms with Crippen LogP contribution in [-0.4, -0.2) is 20.7 Å². The smallest absolute Gasteiger partial charge is 0.336 e. The zero-order chi connectivity index (χ0) is 21.6. The van der Waals surface area contributed by atoms with E-state index < -0.39 is 5.97 Å². The lowest BCUT2D eigenvalue weighted by molar-refractivity contribution is 0.0697. The van der Waals surface area contributed by atoms with Crippen LogP contribution in [0.5, 0.6) is 5.75 Å². The summed E-state index contributed by atoms with van der Waals surface area (Å²) >= 11 is 0. The van der Waals surface area contributed by atoms with Crippen LogP contribution in [0.2, 0.25) is 0 Å². The number of aromatic hydroxyl groups is 1. The number of rotatable bonds is 4. The summed E-state index contributed by atoms with van der Waals surface area (Å²) in [5.74, 6) is -1.17. The van der Waals surface area contributed by atoms with E-state index in [2.05, 4.69) is 0 Å². The molecule has 0 aliphatic heterocycles. The average Bonchev–Trinajstić information content (AvgIpc) is 3.04. The molecule has 0 bridgehead atoms. The Morgan fingerprint density at radius 2 is 1.77 bits per heavy atom. The Kier molecular flexibility index (Phi) is 4.82. The number of hydrogen-bond acceptors (Lipinski definition) is 2. The largest absolute Gasteiger partial charge is 0.508 e. The Balaban J connectivity index is 2.19. The normalized spacial score (nSPS) is 11.4. The molecule has 0 radical (unpaired) electrons. The molecule has 0 saturated heterocycles. The minimum Gasteiger partial charge on any atom is -0.508 e. The summed E-state index contributed by atoms with van der Waals surface area (Å²) in [6.45, 7) is 5.79. The molecule has 1 aromatic heterocycles. The molecule has 0 saturated carbocycles. The number of aromatic carboxylic acids is 1. The Morgan fingerprint density at radius 1 is 1.03 bits per heavy atom. The molecule has 152 valence electrons. The van der Waals surface area contributed by atoms with Gasteiger partial charge in [0.2, 0.25) is 0 Å². The van der Waals surface area contributed by atoms with Crippen LogP contribution >= 0.6 is 0 Å². The first kappa shape index (κ1) is 19.7. The van der Waals surface area contributed by atoms with Crippen molar-refractivity contribution in [1.29, 1.82) is 0 Å². The van der Waals surface area contributed by atoms with Gasteiger partial charge < -0.3 is 14.8 Å². The van der Waals surface area contributed by atoms with Crippen molar-refractivity contribution >= 4 is 16.9 Å². The first-order chi connectivity index (χ1) is 14.3. The van der Waals surface area contributed by atoms with Crippen LogP contribution in [-0.2, 0) is 0 Å². The molecule has 0 fully saturated rings. The number of nitrogens with zero attached hydrogens (tertiary/aromatic N) is 1. The van der Waals surface area contributed by atoms with Crippen molar-refractivity contribution in [3.63, 3.8) is 0 Å². The van der Waals surface area contributed by atoms with E-state index in [9.17, 15) is 19.4 Å². The van der Waals surface area contributed by atoms with Gasteiger partial charge in [-0.2, -0.15) is 0 Å². The van der Waals surface area contributed by atoms with Crippen LogP contribution < -0.4 is 0 Å². The fourth-order valence-corrected chi connectivity index (χ4v) is 4.06. The average molecular weight is 403 g/mol. The molecule has 4 nitrogen and oxygen atoms in total.